The van der Waals surface area contributed by atoms with E-state index < -0.39 is 48.4 Å². The zero-order chi connectivity index (χ0) is 44.2. The molecule has 0 amide bonds. The van der Waals surface area contributed by atoms with Crippen LogP contribution in [-0.2, 0) is 72.5 Å². The largest absolute Gasteiger partial charge is 4.00 e. The van der Waals surface area contributed by atoms with Crippen molar-refractivity contribution in [3.8, 4) is 11.4 Å². The molecule has 6 rings (SSSR count). The quantitative estimate of drug-likeness (QED) is 0.0412. The maximum absolute atomic E-state index is 14.3. The summed E-state index contributed by atoms with van der Waals surface area (Å²) >= 11 is 0. The number of ether oxygens (including phenoxy) is 8. The summed E-state index contributed by atoms with van der Waals surface area (Å²) in [7, 11) is 12.2. The molecule has 0 saturated heterocycles. The number of nitrogens with zero attached hydrogens (tertiary/aromatic N) is 2. The van der Waals surface area contributed by atoms with Crippen molar-refractivity contribution in [2.75, 3.05) is 56.9 Å². The first-order chi connectivity index (χ1) is 28.9. The van der Waals surface area contributed by atoms with Gasteiger partial charge in [0.05, 0.1) is 0 Å². The van der Waals surface area contributed by atoms with Crippen LogP contribution in [0, 0.1) is 49.2 Å². The second-order valence-corrected chi connectivity index (χ2v) is 12.8. The van der Waals surface area contributed by atoms with E-state index in [0.29, 0.717) is 35.6 Å². The van der Waals surface area contributed by atoms with Crippen LogP contribution in [0.2, 0.25) is 0 Å². The Kier molecular flexibility index (Phi) is 24.0. The summed E-state index contributed by atoms with van der Waals surface area (Å²) in [5.74, 6) is -3.09. The van der Waals surface area contributed by atoms with Gasteiger partial charge in [-0.15, -0.1) is 36.4 Å². The monoisotopic (exact) mass is 886 g/mol. The summed E-state index contributed by atoms with van der Waals surface area (Å²) in [5, 5.41) is 0. The van der Waals surface area contributed by atoms with E-state index in [0.717, 1.165) is 23.3 Å². The van der Waals surface area contributed by atoms with Crippen molar-refractivity contribution < 1.29 is 77.2 Å². The zero-order valence-corrected chi connectivity index (χ0v) is 37.7. The van der Waals surface area contributed by atoms with Crippen molar-refractivity contribution in [3.05, 3.63) is 166 Å². The van der Waals surface area contributed by atoms with Gasteiger partial charge in [0, 0.05) is 127 Å². The molecule has 2 aromatic heterocycles. The fourth-order valence-electron chi connectivity index (χ4n) is 6.26. The van der Waals surface area contributed by atoms with Crippen LogP contribution in [0.5, 0.6) is 0 Å². The van der Waals surface area contributed by atoms with E-state index in [1.165, 1.54) is 69.0 Å². The van der Waals surface area contributed by atoms with E-state index in [1.54, 1.807) is 23.0 Å². The van der Waals surface area contributed by atoms with Crippen LogP contribution < -0.4 is 0 Å². The van der Waals surface area contributed by atoms with Crippen LogP contribution in [0.25, 0.3) is 11.4 Å². The summed E-state index contributed by atoms with van der Waals surface area (Å²) < 4.78 is 101. The van der Waals surface area contributed by atoms with Crippen molar-refractivity contribution >= 4 is 0 Å². The van der Waals surface area contributed by atoms with Gasteiger partial charge in [-0.1, -0.05) is 0 Å². The SMILES string of the molecule is COC(Cc1cc(C(OC)OC)c(C)n1-c1ccc(F)[c-]c1F)OC.COC(Cc1cc(C(OC)OC)c(C)n1-c1ccc(F)[c-]c1F)OC.[Ti+4].c1cc[cH-]c1.c1cc[cH-]c1. The van der Waals surface area contributed by atoms with E-state index >= 15 is 0 Å². The van der Waals surface area contributed by atoms with Crippen LogP contribution in [-0.4, -0.2) is 78.6 Å². The van der Waals surface area contributed by atoms with E-state index in [4.69, 9.17) is 37.9 Å². The zero-order valence-electron chi connectivity index (χ0n) is 36.1. The van der Waals surface area contributed by atoms with E-state index in [2.05, 4.69) is 12.1 Å². The summed E-state index contributed by atoms with van der Waals surface area (Å²) in [4.78, 5) is 0. The molecule has 61 heavy (non-hydrogen) atoms. The molecule has 0 N–H and O–H groups in total. The summed E-state index contributed by atoms with van der Waals surface area (Å²) in [6, 6.07) is 32.8. The van der Waals surface area contributed by atoms with Crippen LogP contribution in [0.3, 0.4) is 0 Å². The maximum atomic E-state index is 14.3. The Morgan fingerprint density at radius 2 is 0.820 bits per heavy atom. The molecule has 0 radical (unpaired) electrons. The summed E-state index contributed by atoms with van der Waals surface area (Å²) in [6.45, 7) is 3.61. The second kappa shape index (κ2) is 27.7. The summed E-state index contributed by atoms with van der Waals surface area (Å²) in [5.41, 5.74) is 4.64. The fraction of sp³-hybridized carbons (Fsp3) is 0.348. The average molecular weight is 887 g/mol. The maximum Gasteiger partial charge on any atom is 4.00 e. The van der Waals surface area contributed by atoms with E-state index in [9.17, 15) is 17.6 Å². The van der Waals surface area contributed by atoms with Crippen molar-refractivity contribution in [1.29, 1.82) is 0 Å². The van der Waals surface area contributed by atoms with Crippen molar-refractivity contribution in [1.82, 2.24) is 9.13 Å². The molecule has 6 aromatic rings. The Morgan fingerprint density at radius 3 is 1.05 bits per heavy atom. The van der Waals surface area contributed by atoms with Gasteiger partial charge in [0.2, 0.25) is 0 Å². The van der Waals surface area contributed by atoms with Crippen molar-refractivity contribution in [3.63, 3.8) is 0 Å². The number of rotatable bonds is 16. The van der Waals surface area contributed by atoms with E-state index in [-0.39, 0.29) is 33.1 Å². The Hall–Kier alpha value is -4.19. The smallest absolute Gasteiger partial charge is 0.369 e. The first kappa shape index (κ1) is 53.0. The minimum absolute atomic E-state index is 0. The minimum atomic E-state index is -0.788. The predicted octanol–water partition coefficient (Wildman–Crippen LogP) is 9.44. The number of benzene rings is 2. The van der Waals surface area contributed by atoms with Gasteiger partial charge in [0.15, 0.2) is 25.2 Å². The molecule has 0 unspecified atom stereocenters. The number of hydrogen-bond donors (Lipinski definition) is 0. The third-order valence-electron chi connectivity index (χ3n) is 9.17. The Bertz CT molecular complexity index is 1890. The molecule has 4 aromatic carbocycles. The predicted molar refractivity (Wildman–Crippen MR) is 219 cm³/mol. The third-order valence-corrected chi connectivity index (χ3v) is 9.17. The van der Waals surface area contributed by atoms with Crippen molar-refractivity contribution in [2.45, 2.75) is 51.8 Å². The molecule has 0 fully saturated rings. The minimum Gasteiger partial charge on any atom is -0.369 e. The van der Waals surface area contributed by atoms with Gasteiger partial charge in [-0.2, -0.15) is 36.4 Å². The van der Waals surface area contributed by atoms with Crippen LogP contribution in [0.15, 0.2) is 97.1 Å². The van der Waals surface area contributed by atoms with Gasteiger partial charge in [0.25, 0.3) is 0 Å². The molecule has 0 atom stereocenters. The normalized spacial score (nSPS) is 10.9. The van der Waals surface area contributed by atoms with E-state index in [1.807, 2.05) is 72.8 Å². The Morgan fingerprint density at radius 1 is 0.508 bits per heavy atom. The third kappa shape index (κ3) is 15.0. The van der Waals surface area contributed by atoms with Gasteiger partial charge in [-0.05, 0) is 37.4 Å². The molecule has 0 aliphatic carbocycles. The van der Waals surface area contributed by atoms with Crippen LogP contribution in [0.1, 0.15) is 46.5 Å². The van der Waals surface area contributed by atoms with Gasteiger partial charge >= 0.3 is 21.7 Å². The molecule has 0 saturated carbocycles. The number of halogens is 4. The van der Waals surface area contributed by atoms with Gasteiger partial charge in [0.1, 0.15) is 0 Å². The van der Waals surface area contributed by atoms with Crippen LogP contribution in [0.4, 0.5) is 17.6 Å². The molecule has 0 spiro atoms. The molecular weight excluding hydrogens is 832 g/mol. The molecule has 15 heteroatoms. The standard InChI is InChI=1S/2C18H22F2NO4.2C5H5.Ti/c2*1-11-14(18(24-4)25-5)9-13(10-17(22-2)23-3)21(11)16-7-6-12(19)8-15(16)20;2*1-2-4-5-3-1;/h2*6-7,9,17-18H,10H2,1-5H3;2*1-5H;/q4*-1;+4. The molecule has 0 aliphatic heterocycles. The number of methoxy groups -OCH3 is 8. The van der Waals surface area contributed by atoms with Gasteiger partial charge in [-0.25, -0.2) is 41.8 Å². The average Bonchev–Trinajstić information content (AvgIpc) is 4.10. The Labute approximate surface area is 371 Å². The first-order valence-electron chi connectivity index (χ1n) is 18.7. The molecule has 0 bridgehead atoms. The second-order valence-electron chi connectivity index (χ2n) is 12.8. The van der Waals surface area contributed by atoms with Gasteiger partial charge in [-0.3, -0.25) is 0 Å². The number of hydrogen-bond acceptors (Lipinski definition) is 8. The Balaban J connectivity index is 0.000000335. The van der Waals surface area contributed by atoms with Crippen LogP contribution >= 0.6 is 0 Å². The molecule has 10 nitrogen and oxygen atoms in total. The fourth-order valence-corrected chi connectivity index (χ4v) is 6.26. The summed E-state index contributed by atoms with van der Waals surface area (Å²) in [6.07, 6.45) is -1.56. The van der Waals surface area contributed by atoms with Gasteiger partial charge < -0.3 is 47.0 Å². The molecule has 0 aliphatic rings. The van der Waals surface area contributed by atoms with Crippen molar-refractivity contribution in [2.24, 2.45) is 0 Å². The molecule has 328 valence electrons. The molecular formula is C46H54F4N2O8Ti. The molecule has 2 heterocycles. The first-order valence-corrected chi connectivity index (χ1v) is 18.7. The number of aromatic nitrogens is 2. The topological polar surface area (TPSA) is 83.7 Å².